The van der Waals surface area contributed by atoms with Crippen molar-refractivity contribution in [1.29, 1.82) is 0 Å². The summed E-state index contributed by atoms with van der Waals surface area (Å²) < 4.78 is 0. The molecule has 0 aromatic rings. The van der Waals surface area contributed by atoms with Gasteiger partial charge < -0.3 is 10.4 Å². The van der Waals surface area contributed by atoms with E-state index in [1.807, 2.05) is 0 Å². The third-order valence-electron chi connectivity index (χ3n) is 3.85. The smallest absolute Gasteiger partial charge is 0.0771 e. The molecule has 0 saturated heterocycles. The first kappa shape index (κ1) is 13.0. The van der Waals surface area contributed by atoms with E-state index in [1.54, 1.807) is 0 Å². The molecule has 1 aliphatic carbocycles. The van der Waals surface area contributed by atoms with Gasteiger partial charge in [0.1, 0.15) is 0 Å². The van der Waals surface area contributed by atoms with E-state index in [0.29, 0.717) is 5.41 Å². The molecule has 0 atom stereocenters. The highest BCUT2D eigenvalue weighted by molar-refractivity contribution is 4.90. The lowest BCUT2D eigenvalue weighted by Gasteiger charge is -2.41. The van der Waals surface area contributed by atoms with E-state index in [2.05, 4.69) is 33.0 Å². The Bertz CT molecular complexity index is 187. The summed E-state index contributed by atoms with van der Waals surface area (Å²) in [5.74, 6) is 0.777. The van der Waals surface area contributed by atoms with Crippen molar-refractivity contribution in [1.82, 2.24) is 5.32 Å². The lowest BCUT2D eigenvalue weighted by molar-refractivity contribution is -0.0233. The van der Waals surface area contributed by atoms with Crippen LogP contribution < -0.4 is 5.32 Å². The second-order valence-electron chi connectivity index (χ2n) is 6.14. The first-order valence-corrected chi connectivity index (χ1v) is 6.30. The first-order chi connectivity index (χ1) is 6.87. The molecule has 0 radical (unpaired) electrons. The van der Waals surface area contributed by atoms with Crippen LogP contribution in [0.5, 0.6) is 0 Å². The topological polar surface area (TPSA) is 32.3 Å². The SMILES string of the molecule is CCNCC1(O)CCC(C(C)(C)C)CC1. The van der Waals surface area contributed by atoms with Gasteiger partial charge in [0, 0.05) is 6.54 Å². The molecule has 2 nitrogen and oxygen atoms in total. The Hall–Kier alpha value is -0.0800. The minimum absolute atomic E-state index is 0.402. The summed E-state index contributed by atoms with van der Waals surface area (Å²) in [5.41, 5.74) is -0.0305. The highest BCUT2D eigenvalue weighted by atomic mass is 16.3. The molecule has 0 spiro atoms. The predicted molar refractivity (Wildman–Crippen MR) is 64.9 cm³/mol. The normalized spacial score (nSPS) is 33.0. The minimum Gasteiger partial charge on any atom is -0.389 e. The van der Waals surface area contributed by atoms with Crippen molar-refractivity contribution in [2.45, 2.75) is 59.0 Å². The van der Waals surface area contributed by atoms with Crippen molar-refractivity contribution in [3.05, 3.63) is 0 Å². The van der Waals surface area contributed by atoms with Crippen LogP contribution in [0.3, 0.4) is 0 Å². The Morgan fingerprint density at radius 2 is 1.80 bits per heavy atom. The molecule has 15 heavy (non-hydrogen) atoms. The van der Waals surface area contributed by atoms with E-state index < -0.39 is 5.60 Å². The van der Waals surface area contributed by atoms with Crippen molar-refractivity contribution >= 4 is 0 Å². The monoisotopic (exact) mass is 213 g/mol. The summed E-state index contributed by atoms with van der Waals surface area (Å²) in [6, 6.07) is 0. The van der Waals surface area contributed by atoms with Gasteiger partial charge in [0.2, 0.25) is 0 Å². The zero-order valence-electron chi connectivity index (χ0n) is 10.8. The third-order valence-corrected chi connectivity index (χ3v) is 3.85. The number of likely N-dealkylation sites (N-methyl/N-ethyl adjacent to an activating group) is 1. The molecule has 0 aromatic heterocycles. The van der Waals surface area contributed by atoms with Crippen molar-refractivity contribution in [2.75, 3.05) is 13.1 Å². The summed E-state index contributed by atoms with van der Waals surface area (Å²) in [6.45, 7) is 10.7. The summed E-state index contributed by atoms with van der Waals surface area (Å²) >= 11 is 0. The van der Waals surface area contributed by atoms with Gasteiger partial charge >= 0.3 is 0 Å². The molecule has 2 N–H and O–H groups in total. The van der Waals surface area contributed by atoms with Crippen LogP contribution in [-0.2, 0) is 0 Å². The number of rotatable bonds is 3. The van der Waals surface area contributed by atoms with E-state index in [9.17, 15) is 5.11 Å². The van der Waals surface area contributed by atoms with Crippen LogP contribution in [-0.4, -0.2) is 23.8 Å². The van der Waals surface area contributed by atoms with Gasteiger partial charge in [-0.3, -0.25) is 0 Å². The summed E-state index contributed by atoms with van der Waals surface area (Å²) in [5, 5.41) is 13.6. The lowest BCUT2D eigenvalue weighted by atomic mass is 9.68. The van der Waals surface area contributed by atoms with Gasteiger partial charge in [0.15, 0.2) is 0 Å². The van der Waals surface area contributed by atoms with Crippen LogP contribution in [0.15, 0.2) is 0 Å². The Morgan fingerprint density at radius 3 is 2.20 bits per heavy atom. The largest absolute Gasteiger partial charge is 0.389 e. The molecule has 2 heteroatoms. The van der Waals surface area contributed by atoms with Crippen molar-refractivity contribution < 1.29 is 5.11 Å². The minimum atomic E-state index is -0.433. The number of hydrogen-bond acceptors (Lipinski definition) is 2. The van der Waals surface area contributed by atoms with Gasteiger partial charge in [-0.1, -0.05) is 27.7 Å². The maximum atomic E-state index is 10.3. The molecule has 0 unspecified atom stereocenters. The summed E-state index contributed by atoms with van der Waals surface area (Å²) in [6.07, 6.45) is 4.26. The zero-order valence-corrected chi connectivity index (χ0v) is 10.8. The standard InChI is InChI=1S/C13H27NO/c1-5-14-10-13(15)8-6-11(7-9-13)12(2,3)4/h11,14-15H,5-10H2,1-4H3. The lowest BCUT2D eigenvalue weighted by Crippen LogP contribution is -2.45. The molecule has 0 amide bonds. The molecule has 1 rings (SSSR count). The third kappa shape index (κ3) is 3.76. The summed E-state index contributed by atoms with van der Waals surface area (Å²) in [7, 11) is 0. The van der Waals surface area contributed by atoms with Crippen LogP contribution in [0.2, 0.25) is 0 Å². The van der Waals surface area contributed by atoms with Crippen LogP contribution in [0.1, 0.15) is 53.4 Å². The van der Waals surface area contributed by atoms with Crippen LogP contribution >= 0.6 is 0 Å². The fourth-order valence-corrected chi connectivity index (χ4v) is 2.56. The highest BCUT2D eigenvalue weighted by Crippen LogP contribution is 2.41. The van der Waals surface area contributed by atoms with E-state index in [1.165, 1.54) is 12.8 Å². The van der Waals surface area contributed by atoms with Gasteiger partial charge in [-0.25, -0.2) is 0 Å². The summed E-state index contributed by atoms with van der Waals surface area (Å²) in [4.78, 5) is 0. The molecular formula is C13H27NO. The average Bonchev–Trinajstić information content (AvgIpc) is 2.14. The molecule has 90 valence electrons. The molecule has 1 fully saturated rings. The molecule has 0 heterocycles. The van der Waals surface area contributed by atoms with Crippen molar-refractivity contribution in [3.8, 4) is 0 Å². The van der Waals surface area contributed by atoms with Gasteiger partial charge in [-0.15, -0.1) is 0 Å². The van der Waals surface area contributed by atoms with Crippen LogP contribution in [0.4, 0.5) is 0 Å². The van der Waals surface area contributed by atoms with Crippen LogP contribution in [0.25, 0.3) is 0 Å². The molecule has 0 aliphatic heterocycles. The van der Waals surface area contributed by atoms with Gasteiger partial charge in [-0.05, 0) is 43.6 Å². The molecule has 1 saturated carbocycles. The van der Waals surface area contributed by atoms with E-state index in [0.717, 1.165) is 31.8 Å². The number of nitrogens with one attached hydrogen (secondary N) is 1. The van der Waals surface area contributed by atoms with Gasteiger partial charge in [0.05, 0.1) is 5.60 Å². The number of hydrogen-bond donors (Lipinski definition) is 2. The Morgan fingerprint density at radius 1 is 1.27 bits per heavy atom. The van der Waals surface area contributed by atoms with E-state index >= 15 is 0 Å². The van der Waals surface area contributed by atoms with Gasteiger partial charge in [-0.2, -0.15) is 0 Å². The average molecular weight is 213 g/mol. The zero-order chi connectivity index (χ0) is 11.5. The Balaban J connectivity index is 2.41. The first-order valence-electron chi connectivity index (χ1n) is 6.30. The molecular weight excluding hydrogens is 186 g/mol. The molecule has 0 aromatic carbocycles. The highest BCUT2D eigenvalue weighted by Gasteiger charge is 2.36. The fourth-order valence-electron chi connectivity index (χ4n) is 2.56. The van der Waals surface area contributed by atoms with E-state index in [-0.39, 0.29) is 0 Å². The second kappa shape index (κ2) is 4.84. The maximum absolute atomic E-state index is 10.3. The van der Waals surface area contributed by atoms with E-state index in [4.69, 9.17) is 0 Å². The number of aliphatic hydroxyl groups is 1. The van der Waals surface area contributed by atoms with Gasteiger partial charge in [0.25, 0.3) is 0 Å². The van der Waals surface area contributed by atoms with Crippen LogP contribution in [0, 0.1) is 11.3 Å². The predicted octanol–water partition coefficient (Wildman–Crippen LogP) is 2.56. The Labute approximate surface area is 94.5 Å². The molecule has 0 bridgehead atoms. The maximum Gasteiger partial charge on any atom is 0.0771 e. The van der Waals surface area contributed by atoms with Crippen molar-refractivity contribution in [2.24, 2.45) is 11.3 Å². The molecule has 1 aliphatic rings. The second-order valence-corrected chi connectivity index (χ2v) is 6.14. The Kier molecular flexibility index (Phi) is 4.19. The van der Waals surface area contributed by atoms with Crippen molar-refractivity contribution in [3.63, 3.8) is 0 Å². The fraction of sp³-hybridized carbons (Fsp3) is 1.00. The quantitative estimate of drug-likeness (QED) is 0.755.